The first-order chi connectivity index (χ1) is 6.42. The van der Waals surface area contributed by atoms with E-state index >= 15 is 0 Å². The lowest BCUT2D eigenvalue weighted by atomic mass is 9.73. The van der Waals surface area contributed by atoms with Crippen molar-refractivity contribution in [3.05, 3.63) is 0 Å². The number of carbonyl (C=O) groups excluding carboxylic acids is 1. The van der Waals surface area contributed by atoms with Crippen LogP contribution in [0.1, 0.15) is 47.0 Å². The number of hydrogen-bond acceptors (Lipinski definition) is 1. The molecule has 0 spiro atoms. The molecule has 0 aromatic carbocycles. The van der Waals surface area contributed by atoms with E-state index in [-0.39, 0.29) is 11.8 Å². The number of primary amides is 1. The van der Waals surface area contributed by atoms with Crippen LogP contribution in [-0.4, -0.2) is 5.91 Å². The van der Waals surface area contributed by atoms with Gasteiger partial charge in [-0.05, 0) is 30.1 Å². The topological polar surface area (TPSA) is 43.1 Å². The minimum absolute atomic E-state index is 0.0115. The van der Waals surface area contributed by atoms with Crippen molar-refractivity contribution in [2.24, 2.45) is 28.9 Å². The van der Waals surface area contributed by atoms with E-state index in [1.54, 1.807) is 0 Å². The molecule has 0 heterocycles. The average Bonchev–Trinajstić information content (AvgIpc) is 2.83. The van der Waals surface area contributed by atoms with E-state index in [2.05, 4.69) is 20.8 Å². The van der Waals surface area contributed by atoms with Crippen LogP contribution in [0.2, 0.25) is 0 Å². The van der Waals surface area contributed by atoms with Crippen molar-refractivity contribution in [2.75, 3.05) is 0 Å². The number of carbonyl (C=O) groups is 1. The molecule has 0 bridgehead atoms. The summed E-state index contributed by atoms with van der Waals surface area (Å²) in [5, 5.41) is 0. The zero-order chi connectivity index (χ0) is 10.9. The summed E-state index contributed by atoms with van der Waals surface area (Å²) in [6, 6.07) is 0. The fourth-order valence-electron chi connectivity index (χ4n) is 2.67. The monoisotopic (exact) mass is 197 g/mol. The lowest BCUT2D eigenvalue weighted by Crippen LogP contribution is -2.33. The van der Waals surface area contributed by atoms with Gasteiger partial charge in [0.25, 0.3) is 0 Å². The highest BCUT2D eigenvalue weighted by atomic mass is 16.1. The first-order valence-electron chi connectivity index (χ1n) is 5.71. The highest BCUT2D eigenvalue weighted by Crippen LogP contribution is 2.56. The van der Waals surface area contributed by atoms with Crippen molar-refractivity contribution in [2.45, 2.75) is 47.0 Å². The van der Waals surface area contributed by atoms with Crippen LogP contribution >= 0.6 is 0 Å². The molecule has 1 amide bonds. The Hall–Kier alpha value is -0.530. The summed E-state index contributed by atoms with van der Waals surface area (Å²) in [6.07, 6.45) is 3.80. The molecule has 1 aliphatic rings. The van der Waals surface area contributed by atoms with Crippen LogP contribution in [-0.2, 0) is 4.79 Å². The molecule has 2 nitrogen and oxygen atoms in total. The summed E-state index contributed by atoms with van der Waals surface area (Å²) in [5.74, 6) is 0.938. The second kappa shape index (κ2) is 3.92. The Morgan fingerprint density at radius 1 is 1.43 bits per heavy atom. The van der Waals surface area contributed by atoms with Gasteiger partial charge in [0.2, 0.25) is 5.91 Å². The fourth-order valence-corrected chi connectivity index (χ4v) is 2.67. The molecule has 0 saturated heterocycles. The Balaban J connectivity index is 2.65. The lowest BCUT2D eigenvalue weighted by molar-refractivity contribution is -0.123. The van der Waals surface area contributed by atoms with Gasteiger partial charge in [-0.3, -0.25) is 4.79 Å². The van der Waals surface area contributed by atoms with Crippen molar-refractivity contribution in [3.63, 3.8) is 0 Å². The summed E-state index contributed by atoms with van der Waals surface area (Å²) in [5.41, 5.74) is 5.85. The average molecular weight is 197 g/mol. The van der Waals surface area contributed by atoms with Gasteiger partial charge in [0.1, 0.15) is 0 Å². The SMILES string of the molecule is CCC(C(C)C(C)C(N)=O)C1(C)CC1. The molecule has 2 heteroatoms. The van der Waals surface area contributed by atoms with E-state index in [4.69, 9.17) is 5.73 Å². The summed E-state index contributed by atoms with van der Waals surface area (Å²) >= 11 is 0. The van der Waals surface area contributed by atoms with Crippen LogP contribution in [0, 0.1) is 23.2 Å². The van der Waals surface area contributed by atoms with Gasteiger partial charge < -0.3 is 5.73 Å². The first-order valence-corrected chi connectivity index (χ1v) is 5.71. The van der Waals surface area contributed by atoms with Crippen molar-refractivity contribution >= 4 is 5.91 Å². The normalized spacial score (nSPS) is 25.1. The maximum absolute atomic E-state index is 11.1. The standard InChI is InChI=1S/C12H23NO/c1-5-10(12(4)6-7-12)8(2)9(3)11(13)14/h8-10H,5-7H2,1-4H3,(H2,13,14). The number of hydrogen-bond donors (Lipinski definition) is 1. The maximum Gasteiger partial charge on any atom is 0.220 e. The predicted octanol–water partition coefficient (Wildman–Crippen LogP) is 2.57. The number of amides is 1. The number of nitrogens with two attached hydrogens (primary N) is 1. The Morgan fingerprint density at radius 3 is 2.21 bits per heavy atom. The van der Waals surface area contributed by atoms with Crippen molar-refractivity contribution in [3.8, 4) is 0 Å². The summed E-state index contributed by atoms with van der Waals surface area (Å²) in [7, 11) is 0. The molecule has 0 aromatic heterocycles. The van der Waals surface area contributed by atoms with E-state index in [0.29, 0.717) is 17.3 Å². The molecule has 3 atom stereocenters. The van der Waals surface area contributed by atoms with Gasteiger partial charge in [-0.15, -0.1) is 0 Å². The van der Waals surface area contributed by atoms with Gasteiger partial charge in [0.05, 0.1) is 0 Å². The zero-order valence-electron chi connectivity index (χ0n) is 9.84. The Bertz CT molecular complexity index is 220. The van der Waals surface area contributed by atoms with Crippen molar-refractivity contribution in [1.82, 2.24) is 0 Å². The van der Waals surface area contributed by atoms with E-state index in [1.807, 2.05) is 6.92 Å². The second-order valence-electron chi connectivity index (χ2n) is 5.22. The molecule has 82 valence electrons. The molecule has 3 unspecified atom stereocenters. The van der Waals surface area contributed by atoms with Gasteiger partial charge in [-0.1, -0.05) is 34.1 Å². The summed E-state index contributed by atoms with van der Waals surface area (Å²) < 4.78 is 0. The number of rotatable bonds is 5. The maximum atomic E-state index is 11.1. The van der Waals surface area contributed by atoms with Gasteiger partial charge in [-0.25, -0.2) is 0 Å². The van der Waals surface area contributed by atoms with Gasteiger partial charge >= 0.3 is 0 Å². The predicted molar refractivity (Wildman–Crippen MR) is 58.6 cm³/mol. The lowest BCUT2D eigenvalue weighted by Gasteiger charge is -2.31. The molecule has 0 radical (unpaired) electrons. The molecule has 1 fully saturated rings. The molecule has 0 aromatic rings. The fraction of sp³-hybridized carbons (Fsp3) is 0.917. The minimum Gasteiger partial charge on any atom is -0.369 e. The third kappa shape index (κ3) is 2.10. The first kappa shape index (κ1) is 11.5. The smallest absolute Gasteiger partial charge is 0.220 e. The summed E-state index contributed by atoms with van der Waals surface area (Å²) in [6.45, 7) is 8.69. The quantitative estimate of drug-likeness (QED) is 0.723. The van der Waals surface area contributed by atoms with Crippen LogP contribution in [0.15, 0.2) is 0 Å². The highest BCUT2D eigenvalue weighted by molar-refractivity contribution is 5.76. The molecule has 1 rings (SSSR count). The third-order valence-corrected chi connectivity index (χ3v) is 4.25. The van der Waals surface area contributed by atoms with E-state index in [9.17, 15) is 4.79 Å². The van der Waals surface area contributed by atoms with Crippen LogP contribution in [0.3, 0.4) is 0 Å². The molecular weight excluding hydrogens is 174 g/mol. The van der Waals surface area contributed by atoms with Gasteiger partial charge in [-0.2, -0.15) is 0 Å². The van der Waals surface area contributed by atoms with Crippen molar-refractivity contribution < 1.29 is 4.79 Å². The molecular formula is C12H23NO. The zero-order valence-corrected chi connectivity index (χ0v) is 9.84. The van der Waals surface area contributed by atoms with E-state index < -0.39 is 0 Å². The molecule has 0 aliphatic heterocycles. The van der Waals surface area contributed by atoms with Gasteiger partial charge in [0.15, 0.2) is 0 Å². The Morgan fingerprint density at radius 2 is 1.93 bits per heavy atom. The molecule has 14 heavy (non-hydrogen) atoms. The largest absolute Gasteiger partial charge is 0.369 e. The molecule has 2 N–H and O–H groups in total. The van der Waals surface area contributed by atoms with Crippen molar-refractivity contribution in [1.29, 1.82) is 0 Å². The van der Waals surface area contributed by atoms with Crippen LogP contribution in [0.5, 0.6) is 0 Å². The molecule has 1 saturated carbocycles. The molecule has 1 aliphatic carbocycles. The second-order valence-corrected chi connectivity index (χ2v) is 5.22. The van der Waals surface area contributed by atoms with Crippen LogP contribution in [0.25, 0.3) is 0 Å². The highest BCUT2D eigenvalue weighted by Gasteiger charge is 2.47. The minimum atomic E-state index is -0.153. The third-order valence-electron chi connectivity index (χ3n) is 4.25. The van der Waals surface area contributed by atoms with E-state index in [1.165, 1.54) is 12.8 Å². The Labute approximate surface area is 87.2 Å². The van der Waals surface area contributed by atoms with E-state index in [0.717, 1.165) is 6.42 Å². The van der Waals surface area contributed by atoms with Crippen LogP contribution < -0.4 is 5.73 Å². The van der Waals surface area contributed by atoms with Crippen LogP contribution in [0.4, 0.5) is 0 Å². The Kier molecular flexibility index (Phi) is 3.23. The summed E-state index contributed by atoms with van der Waals surface area (Å²) in [4.78, 5) is 11.1. The van der Waals surface area contributed by atoms with Gasteiger partial charge in [0, 0.05) is 5.92 Å².